The number of nitrogens with one attached hydrogen (secondary N) is 1. The molecule has 0 aliphatic heterocycles. The lowest BCUT2D eigenvalue weighted by Crippen LogP contribution is -2.12. The molecule has 1 N–H and O–H groups in total. The molecule has 0 fully saturated rings. The van der Waals surface area contributed by atoms with Crippen LogP contribution in [0.25, 0.3) is 21.7 Å². The Morgan fingerprint density at radius 2 is 1.65 bits per heavy atom. The van der Waals surface area contributed by atoms with Crippen molar-refractivity contribution in [3.8, 4) is 21.7 Å². The number of halogens is 1. The number of aryl methyl sites for hydroxylation is 1. The van der Waals surface area contributed by atoms with Gasteiger partial charge in [0.25, 0.3) is 11.6 Å². The number of nitro groups is 1. The second kappa shape index (κ2) is 8.67. The zero-order chi connectivity index (χ0) is 22.0. The van der Waals surface area contributed by atoms with Crippen molar-refractivity contribution in [1.29, 1.82) is 0 Å². The SMILES string of the molecule is Cc1ccc(-c2sc(NC(=O)c3ccccc3Cl)nc2-c2ccc([N+](=O)[O-])cc2)cc1. The molecule has 1 aromatic heterocycles. The predicted octanol–water partition coefficient (Wildman–Crippen LogP) is 6.60. The number of carbonyl (C=O) groups is 1. The third kappa shape index (κ3) is 4.47. The number of aromatic nitrogens is 1. The van der Waals surface area contributed by atoms with Crippen LogP contribution in [0.5, 0.6) is 0 Å². The van der Waals surface area contributed by atoms with Crippen LogP contribution < -0.4 is 5.32 Å². The maximum atomic E-state index is 12.7. The molecule has 0 radical (unpaired) electrons. The Labute approximate surface area is 187 Å². The molecule has 0 saturated heterocycles. The van der Waals surface area contributed by atoms with E-state index in [2.05, 4.69) is 10.3 Å². The minimum atomic E-state index is -0.443. The van der Waals surface area contributed by atoms with Crippen molar-refractivity contribution >= 4 is 39.7 Å². The first-order chi connectivity index (χ1) is 14.9. The first-order valence-corrected chi connectivity index (χ1v) is 10.5. The number of nitrogens with zero attached hydrogens (tertiary/aromatic N) is 2. The molecule has 0 spiro atoms. The van der Waals surface area contributed by atoms with Gasteiger partial charge in [-0.05, 0) is 36.8 Å². The van der Waals surface area contributed by atoms with Crippen LogP contribution in [0.15, 0.2) is 72.8 Å². The summed E-state index contributed by atoms with van der Waals surface area (Å²) in [6.45, 7) is 2.00. The lowest BCUT2D eigenvalue weighted by atomic mass is 10.1. The Hall–Kier alpha value is -3.55. The fourth-order valence-corrected chi connectivity index (χ4v) is 4.23. The van der Waals surface area contributed by atoms with Crippen LogP contribution in [0.4, 0.5) is 10.8 Å². The molecular weight excluding hydrogens is 434 g/mol. The first-order valence-electron chi connectivity index (χ1n) is 9.31. The summed E-state index contributed by atoms with van der Waals surface area (Å²) in [6, 6.07) is 20.9. The lowest BCUT2D eigenvalue weighted by molar-refractivity contribution is -0.384. The molecule has 0 aliphatic rings. The van der Waals surface area contributed by atoms with Crippen LogP contribution in [0.2, 0.25) is 5.02 Å². The number of thiazole rings is 1. The fraction of sp³-hybridized carbons (Fsp3) is 0.0435. The van der Waals surface area contributed by atoms with Crippen molar-refractivity contribution in [3.05, 3.63) is 99.1 Å². The topological polar surface area (TPSA) is 85.1 Å². The Kier molecular flexibility index (Phi) is 5.79. The normalized spacial score (nSPS) is 10.6. The van der Waals surface area contributed by atoms with Gasteiger partial charge in [0.2, 0.25) is 0 Å². The number of amides is 1. The van der Waals surface area contributed by atoms with Gasteiger partial charge in [-0.2, -0.15) is 0 Å². The summed E-state index contributed by atoms with van der Waals surface area (Å²) in [5.41, 5.74) is 3.78. The highest BCUT2D eigenvalue weighted by atomic mass is 35.5. The van der Waals surface area contributed by atoms with Crippen molar-refractivity contribution in [3.63, 3.8) is 0 Å². The van der Waals surface area contributed by atoms with Crippen LogP contribution in [-0.4, -0.2) is 15.8 Å². The predicted molar refractivity (Wildman–Crippen MR) is 124 cm³/mol. The molecule has 6 nitrogen and oxygen atoms in total. The Morgan fingerprint density at radius 1 is 1.00 bits per heavy atom. The van der Waals surface area contributed by atoms with Crippen molar-refractivity contribution in [2.45, 2.75) is 6.92 Å². The summed E-state index contributed by atoms with van der Waals surface area (Å²) in [6.07, 6.45) is 0. The van der Waals surface area contributed by atoms with Gasteiger partial charge in [-0.25, -0.2) is 4.98 Å². The van der Waals surface area contributed by atoms with Gasteiger partial charge in [-0.15, -0.1) is 0 Å². The molecular formula is C23H16ClN3O3S. The third-order valence-electron chi connectivity index (χ3n) is 4.63. The van der Waals surface area contributed by atoms with E-state index in [1.807, 2.05) is 31.2 Å². The van der Waals surface area contributed by atoms with Crippen LogP contribution in [-0.2, 0) is 0 Å². The lowest BCUT2D eigenvalue weighted by Gasteiger charge is -2.03. The minimum absolute atomic E-state index is 0.00288. The van der Waals surface area contributed by atoms with Gasteiger partial charge >= 0.3 is 0 Å². The van der Waals surface area contributed by atoms with Gasteiger partial charge in [0.1, 0.15) is 0 Å². The van der Waals surface area contributed by atoms with Gasteiger partial charge in [0, 0.05) is 17.7 Å². The highest BCUT2D eigenvalue weighted by molar-refractivity contribution is 7.19. The highest BCUT2D eigenvalue weighted by Crippen LogP contribution is 2.39. The molecule has 4 rings (SSSR count). The van der Waals surface area contributed by atoms with Gasteiger partial charge in [0.15, 0.2) is 5.13 Å². The molecule has 0 unspecified atom stereocenters. The zero-order valence-electron chi connectivity index (χ0n) is 16.3. The van der Waals surface area contributed by atoms with Crippen LogP contribution in [0.3, 0.4) is 0 Å². The summed E-state index contributed by atoms with van der Waals surface area (Å²) in [5, 5.41) is 14.6. The van der Waals surface area contributed by atoms with Crippen molar-refractivity contribution in [1.82, 2.24) is 4.98 Å². The molecule has 1 heterocycles. The highest BCUT2D eigenvalue weighted by Gasteiger charge is 2.19. The molecule has 0 atom stereocenters. The zero-order valence-corrected chi connectivity index (χ0v) is 17.9. The van der Waals surface area contributed by atoms with Crippen molar-refractivity contribution < 1.29 is 9.72 Å². The van der Waals surface area contributed by atoms with Crippen LogP contribution in [0.1, 0.15) is 15.9 Å². The molecule has 154 valence electrons. The first kappa shape index (κ1) is 20.7. The fourth-order valence-electron chi connectivity index (χ4n) is 3.02. The number of hydrogen-bond donors (Lipinski definition) is 1. The number of hydrogen-bond acceptors (Lipinski definition) is 5. The Bertz CT molecular complexity index is 1270. The standard InChI is InChI=1S/C23H16ClN3O3S/c1-14-6-8-16(9-7-14)21-20(15-10-12-17(13-11-15)27(29)30)25-23(31-21)26-22(28)18-4-2-3-5-19(18)24/h2-13H,1H3,(H,25,26,28). The van der Waals surface area contributed by atoms with E-state index >= 15 is 0 Å². The van der Waals surface area contributed by atoms with Gasteiger partial charge in [0.05, 0.1) is 26.1 Å². The van der Waals surface area contributed by atoms with Gasteiger partial charge < -0.3 is 0 Å². The van der Waals surface area contributed by atoms with E-state index in [9.17, 15) is 14.9 Å². The molecule has 4 aromatic rings. The van der Waals surface area contributed by atoms with Crippen LogP contribution in [0, 0.1) is 17.0 Å². The molecule has 3 aromatic carbocycles. The largest absolute Gasteiger partial charge is 0.298 e. The average molecular weight is 450 g/mol. The summed E-state index contributed by atoms with van der Waals surface area (Å²) < 4.78 is 0. The molecule has 8 heteroatoms. The average Bonchev–Trinajstić information content (AvgIpc) is 3.18. The van der Waals surface area contributed by atoms with E-state index < -0.39 is 4.92 Å². The Morgan fingerprint density at radius 3 is 2.29 bits per heavy atom. The maximum absolute atomic E-state index is 12.7. The van der Waals surface area contributed by atoms with Gasteiger partial charge in [-0.3, -0.25) is 20.2 Å². The van der Waals surface area contributed by atoms with E-state index in [0.29, 0.717) is 21.4 Å². The smallest absolute Gasteiger partial charge is 0.269 e. The number of non-ortho nitro benzene ring substituents is 1. The number of anilines is 1. The number of benzene rings is 3. The summed E-state index contributed by atoms with van der Waals surface area (Å²) in [5.74, 6) is -0.356. The van der Waals surface area contributed by atoms with E-state index in [4.69, 9.17) is 11.6 Å². The van der Waals surface area contributed by atoms with Crippen molar-refractivity contribution in [2.24, 2.45) is 0 Å². The quantitative estimate of drug-likeness (QED) is 0.274. The van der Waals surface area contributed by atoms with Gasteiger partial charge in [-0.1, -0.05) is 64.9 Å². The summed E-state index contributed by atoms with van der Waals surface area (Å²) >= 11 is 7.47. The summed E-state index contributed by atoms with van der Waals surface area (Å²) in [7, 11) is 0. The Balaban J connectivity index is 1.75. The van der Waals surface area contributed by atoms with Crippen LogP contribution >= 0.6 is 22.9 Å². The van der Waals surface area contributed by atoms with E-state index in [0.717, 1.165) is 21.6 Å². The minimum Gasteiger partial charge on any atom is -0.298 e. The van der Waals surface area contributed by atoms with E-state index in [1.165, 1.54) is 23.5 Å². The van der Waals surface area contributed by atoms with Crippen molar-refractivity contribution in [2.75, 3.05) is 5.32 Å². The molecule has 0 bridgehead atoms. The molecule has 0 aliphatic carbocycles. The molecule has 0 saturated carbocycles. The molecule has 1 amide bonds. The third-order valence-corrected chi connectivity index (χ3v) is 5.98. The maximum Gasteiger partial charge on any atom is 0.269 e. The second-order valence-electron chi connectivity index (χ2n) is 6.80. The summed E-state index contributed by atoms with van der Waals surface area (Å²) in [4.78, 5) is 28.7. The number of rotatable bonds is 5. The second-order valence-corrected chi connectivity index (χ2v) is 8.21. The van der Waals surface area contributed by atoms with E-state index in [1.54, 1.807) is 36.4 Å². The van der Waals surface area contributed by atoms with E-state index in [-0.39, 0.29) is 11.6 Å². The molecule has 31 heavy (non-hydrogen) atoms. The number of carbonyl (C=O) groups excluding carboxylic acids is 1. The monoisotopic (exact) mass is 449 g/mol. The number of nitro benzene ring substituents is 1.